The quantitative estimate of drug-likeness (QED) is 0.840. The summed E-state index contributed by atoms with van der Waals surface area (Å²) in [7, 11) is 0. The highest BCUT2D eigenvalue weighted by molar-refractivity contribution is 6.06. The largest absolute Gasteiger partial charge is 0.397 e. The lowest BCUT2D eigenvalue weighted by Gasteiger charge is -2.11. The lowest BCUT2D eigenvalue weighted by molar-refractivity contribution is 0.102. The Kier molecular flexibility index (Phi) is 3.98. The number of anilines is 2. The van der Waals surface area contributed by atoms with Crippen molar-refractivity contribution in [2.75, 3.05) is 11.1 Å². The molecule has 104 valence electrons. The normalized spacial score (nSPS) is 10.3. The van der Waals surface area contributed by atoms with Gasteiger partial charge in [-0.2, -0.15) is 10.2 Å². The van der Waals surface area contributed by atoms with Crippen molar-refractivity contribution < 1.29 is 4.79 Å². The maximum Gasteiger partial charge on any atom is 0.257 e. The lowest BCUT2D eigenvalue weighted by atomic mass is 10.1. The molecule has 20 heavy (non-hydrogen) atoms. The molecule has 5 heteroatoms. The zero-order chi connectivity index (χ0) is 14.7. The van der Waals surface area contributed by atoms with Gasteiger partial charge in [0.05, 0.1) is 28.3 Å². The number of hydrogen-bond acceptors (Lipinski definition) is 4. The van der Waals surface area contributed by atoms with Crippen LogP contribution in [0.15, 0.2) is 24.3 Å². The summed E-state index contributed by atoms with van der Waals surface area (Å²) in [6.07, 6.45) is 0.652. The van der Waals surface area contributed by atoms with Crippen LogP contribution in [0.3, 0.4) is 0 Å². The van der Waals surface area contributed by atoms with Crippen LogP contribution in [0.2, 0.25) is 0 Å². The molecular formula is C15H18N4O. The van der Waals surface area contributed by atoms with Gasteiger partial charge in [-0.05, 0) is 44.0 Å². The first kappa shape index (κ1) is 14.0. The van der Waals surface area contributed by atoms with Gasteiger partial charge in [0.1, 0.15) is 0 Å². The van der Waals surface area contributed by atoms with Gasteiger partial charge in [0.2, 0.25) is 0 Å². The van der Waals surface area contributed by atoms with E-state index in [4.69, 9.17) is 5.73 Å². The Labute approximate surface area is 118 Å². The minimum absolute atomic E-state index is 0.211. The van der Waals surface area contributed by atoms with Gasteiger partial charge in [-0.3, -0.25) is 4.79 Å². The second kappa shape index (κ2) is 5.69. The van der Waals surface area contributed by atoms with E-state index in [0.717, 1.165) is 5.56 Å². The molecule has 1 amide bonds. The van der Waals surface area contributed by atoms with E-state index in [2.05, 4.69) is 15.5 Å². The summed E-state index contributed by atoms with van der Waals surface area (Å²) >= 11 is 0. The minimum atomic E-state index is -0.211. The summed E-state index contributed by atoms with van der Waals surface area (Å²) in [5.41, 5.74) is 10.0. The Morgan fingerprint density at radius 1 is 1.25 bits per heavy atom. The van der Waals surface area contributed by atoms with Gasteiger partial charge < -0.3 is 11.1 Å². The molecule has 0 spiro atoms. The molecule has 0 saturated carbocycles. The summed E-state index contributed by atoms with van der Waals surface area (Å²) in [6.45, 7) is 5.70. The van der Waals surface area contributed by atoms with Crippen molar-refractivity contribution in [3.8, 4) is 0 Å². The number of amides is 1. The van der Waals surface area contributed by atoms with Crippen molar-refractivity contribution in [3.63, 3.8) is 0 Å². The number of carbonyl (C=O) groups is 1. The van der Waals surface area contributed by atoms with Crippen LogP contribution in [0.5, 0.6) is 0 Å². The fourth-order valence-corrected chi connectivity index (χ4v) is 1.94. The molecule has 0 atom stereocenters. The van der Waals surface area contributed by atoms with E-state index in [1.807, 2.05) is 32.9 Å². The number of aryl methyl sites for hydroxylation is 3. The smallest absolute Gasteiger partial charge is 0.257 e. The Morgan fingerprint density at radius 2 is 2.00 bits per heavy atom. The Balaban J connectivity index is 2.32. The van der Waals surface area contributed by atoms with Crippen molar-refractivity contribution in [1.29, 1.82) is 0 Å². The molecule has 5 nitrogen and oxygen atoms in total. The van der Waals surface area contributed by atoms with Crippen LogP contribution in [-0.2, 0) is 6.42 Å². The second-order valence-corrected chi connectivity index (χ2v) is 4.74. The minimum Gasteiger partial charge on any atom is -0.397 e. The molecule has 0 unspecified atom stereocenters. The molecule has 3 N–H and O–H groups in total. The van der Waals surface area contributed by atoms with Gasteiger partial charge >= 0.3 is 0 Å². The molecule has 1 aromatic heterocycles. The Bertz CT molecular complexity index is 652. The fourth-order valence-electron chi connectivity index (χ4n) is 1.94. The number of hydrogen-bond donors (Lipinski definition) is 2. The number of nitrogen functional groups attached to an aromatic ring is 1. The van der Waals surface area contributed by atoms with E-state index >= 15 is 0 Å². The number of carbonyl (C=O) groups excluding carboxylic acids is 1. The first-order valence-corrected chi connectivity index (χ1v) is 6.52. The first-order valence-electron chi connectivity index (χ1n) is 6.52. The van der Waals surface area contributed by atoms with Crippen LogP contribution in [0.1, 0.15) is 34.2 Å². The molecule has 2 rings (SSSR count). The predicted molar refractivity (Wildman–Crippen MR) is 79.7 cm³/mol. The molecule has 1 aromatic carbocycles. The third-order valence-electron chi connectivity index (χ3n) is 3.03. The van der Waals surface area contributed by atoms with Gasteiger partial charge in [-0.15, -0.1) is 0 Å². The van der Waals surface area contributed by atoms with E-state index < -0.39 is 0 Å². The second-order valence-electron chi connectivity index (χ2n) is 4.74. The SMILES string of the molecule is CCc1nnc(C)cc1C(=O)Nc1cc(C)ccc1N. The van der Waals surface area contributed by atoms with Crippen LogP contribution in [0.25, 0.3) is 0 Å². The van der Waals surface area contributed by atoms with Crippen LogP contribution < -0.4 is 11.1 Å². The Hall–Kier alpha value is -2.43. The topological polar surface area (TPSA) is 80.9 Å². The maximum atomic E-state index is 12.4. The number of nitrogens with two attached hydrogens (primary N) is 1. The number of nitrogens with zero attached hydrogens (tertiary/aromatic N) is 2. The molecule has 1 heterocycles. The van der Waals surface area contributed by atoms with Crippen molar-refractivity contribution in [1.82, 2.24) is 10.2 Å². The number of nitrogens with one attached hydrogen (secondary N) is 1. The summed E-state index contributed by atoms with van der Waals surface area (Å²) < 4.78 is 0. The number of rotatable bonds is 3. The van der Waals surface area contributed by atoms with Crippen molar-refractivity contribution in [2.24, 2.45) is 0 Å². The number of benzene rings is 1. The maximum absolute atomic E-state index is 12.4. The van der Waals surface area contributed by atoms with E-state index in [-0.39, 0.29) is 5.91 Å². The fraction of sp³-hybridized carbons (Fsp3) is 0.267. The molecule has 0 aliphatic rings. The van der Waals surface area contributed by atoms with E-state index in [1.165, 1.54) is 0 Å². The van der Waals surface area contributed by atoms with Crippen molar-refractivity contribution in [2.45, 2.75) is 27.2 Å². The number of aromatic nitrogens is 2. The van der Waals surface area contributed by atoms with Crippen molar-refractivity contribution in [3.05, 3.63) is 46.8 Å². The molecule has 0 radical (unpaired) electrons. The van der Waals surface area contributed by atoms with Crippen LogP contribution in [0, 0.1) is 13.8 Å². The molecule has 0 fully saturated rings. The van der Waals surface area contributed by atoms with Crippen molar-refractivity contribution >= 4 is 17.3 Å². The summed E-state index contributed by atoms with van der Waals surface area (Å²) in [5.74, 6) is -0.211. The predicted octanol–water partition coefficient (Wildman–Crippen LogP) is 2.49. The van der Waals surface area contributed by atoms with E-state index in [9.17, 15) is 4.79 Å². The highest BCUT2D eigenvalue weighted by atomic mass is 16.1. The average molecular weight is 270 g/mol. The van der Waals surface area contributed by atoms with Crippen LogP contribution in [-0.4, -0.2) is 16.1 Å². The molecule has 2 aromatic rings. The molecular weight excluding hydrogens is 252 g/mol. The Morgan fingerprint density at radius 3 is 2.70 bits per heavy atom. The molecule has 0 bridgehead atoms. The third-order valence-corrected chi connectivity index (χ3v) is 3.03. The highest BCUT2D eigenvalue weighted by Gasteiger charge is 2.14. The molecule has 0 aliphatic heterocycles. The van der Waals surface area contributed by atoms with E-state index in [1.54, 1.807) is 12.1 Å². The lowest BCUT2D eigenvalue weighted by Crippen LogP contribution is -2.17. The monoisotopic (exact) mass is 270 g/mol. The molecule has 0 aliphatic carbocycles. The third kappa shape index (κ3) is 2.93. The molecule has 0 saturated heterocycles. The first-order chi connectivity index (χ1) is 9.51. The van der Waals surface area contributed by atoms with E-state index in [0.29, 0.717) is 34.7 Å². The summed E-state index contributed by atoms with van der Waals surface area (Å²) in [6, 6.07) is 7.27. The van der Waals surface area contributed by atoms with Gasteiger partial charge in [0.25, 0.3) is 5.91 Å². The zero-order valence-corrected chi connectivity index (χ0v) is 11.9. The van der Waals surface area contributed by atoms with Crippen LogP contribution >= 0.6 is 0 Å². The summed E-state index contributed by atoms with van der Waals surface area (Å²) in [5, 5.41) is 10.9. The highest BCUT2D eigenvalue weighted by Crippen LogP contribution is 2.21. The van der Waals surface area contributed by atoms with Gasteiger partial charge in [0, 0.05) is 0 Å². The summed E-state index contributed by atoms with van der Waals surface area (Å²) in [4.78, 5) is 12.4. The average Bonchev–Trinajstić information content (AvgIpc) is 2.42. The zero-order valence-electron chi connectivity index (χ0n) is 11.9. The van der Waals surface area contributed by atoms with Gasteiger partial charge in [-0.1, -0.05) is 13.0 Å². The van der Waals surface area contributed by atoms with Crippen LogP contribution in [0.4, 0.5) is 11.4 Å². The standard InChI is InChI=1S/C15H18N4O/c1-4-13-11(8-10(3)18-19-13)15(20)17-14-7-9(2)5-6-12(14)16/h5-8H,4,16H2,1-3H3,(H,17,20). The van der Waals surface area contributed by atoms with Gasteiger partial charge in [-0.25, -0.2) is 0 Å². The van der Waals surface area contributed by atoms with Gasteiger partial charge in [0.15, 0.2) is 0 Å².